The van der Waals surface area contributed by atoms with Crippen LogP contribution in [0.5, 0.6) is 5.75 Å². The fourth-order valence-electron chi connectivity index (χ4n) is 4.32. The van der Waals surface area contributed by atoms with Crippen molar-refractivity contribution in [2.45, 2.75) is 25.4 Å². The lowest BCUT2D eigenvalue weighted by molar-refractivity contribution is -0.124. The number of hydrogen-bond donors (Lipinski definition) is 1. The number of amides is 2. The highest BCUT2D eigenvalue weighted by Gasteiger charge is 2.44. The number of ether oxygens (including phenoxy) is 2. The van der Waals surface area contributed by atoms with Gasteiger partial charge >= 0.3 is 0 Å². The first kappa shape index (κ1) is 23.0. The normalized spacial score (nSPS) is 17.5. The van der Waals surface area contributed by atoms with Crippen LogP contribution in [0, 0.1) is 0 Å². The third-order valence-corrected chi connectivity index (χ3v) is 6.76. The van der Waals surface area contributed by atoms with Crippen LogP contribution in [-0.4, -0.2) is 43.6 Å². The predicted octanol–water partition coefficient (Wildman–Crippen LogP) is 4.39. The van der Waals surface area contributed by atoms with Gasteiger partial charge in [-0.05, 0) is 36.1 Å². The zero-order valence-electron chi connectivity index (χ0n) is 18.8. The van der Waals surface area contributed by atoms with Crippen molar-refractivity contribution in [1.29, 1.82) is 0 Å². The standard InChI is InChI=1S/C26H28N2O4S/c1-3-32-21-12-7-4-9-18(21)17-27-25(29)23-19-10-5-6-11-20(19)26(30)28(14-15-31-2)24(23)22-13-8-16-33-22/h4-13,16,23-24H,3,14-15,17H2,1-2H3,(H,27,29)/t23-,24-/m1/s1. The SMILES string of the molecule is CCOc1ccccc1CNC(=O)[C@@H]1c2ccccc2C(=O)N(CCOC)[C@@H]1c1cccs1. The molecule has 0 aliphatic carbocycles. The molecule has 33 heavy (non-hydrogen) atoms. The molecule has 2 heterocycles. The molecular formula is C26H28N2O4S. The van der Waals surface area contributed by atoms with Gasteiger partial charge in [0, 0.05) is 36.2 Å². The van der Waals surface area contributed by atoms with Gasteiger partial charge in [0.15, 0.2) is 0 Å². The molecule has 1 N–H and O–H groups in total. The smallest absolute Gasteiger partial charge is 0.254 e. The number of para-hydroxylation sites is 1. The first-order valence-corrected chi connectivity index (χ1v) is 11.9. The Morgan fingerprint density at radius 3 is 2.64 bits per heavy atom. The number of thiophene rings is 1. The molecule has 0 radical (unpaired) electrons. The second-order valence-electron chi connectivity index (χ2n) is 7.78. The summed E-state index contributed by atoms with van der Waals surface area (Å²) >= 11 is 1.55. The van der Waals surface area contributed by atoms with Gasteiger partial charge in [0.1, 0.15) is 5.75 Å². The summed E-state index contributed by atoms with van der Waals surface area (Å²) in [5, 5.41) is 5.08. The van der Waals surface area contributed by atoms with E-state index < -0.39 is 12.0 Å². The molecule has 0 saturated carbocycles. The molecule has 0 fully saturated rings. The van der Waals surface area contributed by atoms with Crippen molar-refractivity contribution in [2.24, 2.45) is 0 Å². The molecule has 4 rings (SSSR count). The lowest BCUT2D eigenvalue weighted by Crippen LogP contribution is -2.48. The van der Waals surface area contributed by atoms with Gasteiger partial charge in [0.2, 0.25) is 5.91 Å². The van der Waals surface area contributed by atoms with Crippen molar-refractivity contribution in [2.75, 3.05) is 26.9 Å². The molecule has 7 heteroatoms. The molecule has 2 aromatic carbocycles. The minimum absolute atomic E-state index is 0.0770. The monoisotopic (exact) mass is 464 g/mol. The minimum Gasteiger partial charge on any atom is -0.494 e. The average Bonchev–Trinajstić information content (AvgIpc) is 3.37. The topological polar surface area (TPSA) is 67.9 Å². The highest BCUT2D eigenvalue weighted by Crippen LogP contribution is 2.44. The van der Waals surface area contributed by atoms with Crippen molar-refractivity contribution in [1.82, 2.24) is 10.2 Å². The molecule has 1 aromatic heterocycles. The van der Waals surface area contributed by atoms with Gasteiger partial charge < -0.3 is 19.7 Å². The Kier molecular flexibility index (Phi) is 7.42. The highest BCUT2D eigenvalue weighted by molar-refractivity contribution is 7.10. The summed E-state index contributed by atoms with van der Waals surface area (Å²) in [5.41, 5.74) is 2.23. The quantitative estimate of drug-likeness (QED) is 0.510. The summed E-state index contributed by atoms with van der Waals surface area (Å²) in [6.45, 7) is 3.63. The zero-order valence-corrected chi connectivity index (χ0v) is 19.6. The van der Waals surface area contributed by atoms with E-state index in [2.05, 4.69) is 5.32 Å². The second kappa shape index (κ2) is 10.6. The van der Waals surface area contributed by atoms with E-state index >= 15 is 0 Å². The van der Waals surface area contributed by atoms with Crippen LogP contribution >= 0.6 is 11.3 Å². The Morgan fingerprint density at radius 1 is 1.09 bits per heavy atom. The number of benzene rings is 2. The van der Waals surface area contributed by atoms with E-state index in [9.17, 15) is 9.59 Å². The van der Waals surface area contributed by atoms with E-state index in [1.54, 1.807) is 29.4 Å². The number of carbonyl (C=O) groups excluding carboxylic acids is 2. The predicted molar refractivity (Wildman–Crippen MR) is 129 cm³/mol. The number of nitrogens with one attached hydrogen (secondary N) is 1. The van der Waals surface area contributed by atoms with Gasteiger partial charge in [-0.15, -0.1) is 11.3 Å². The molecule has 0 spiro atoms. The lowest BCUT2D eigenvalue weighted by Gasteiger charge is -2.41. The van der Waals surface area contributed by atoms with Crippen LogP contribution in [0.15, 0.2) is 66.0 Å². The van der Waals surface area contributed by atoms with Gasteiger partial charge in [-0.25, -0.2) is 0 Å². The van der Waals surface area contributed by atoms with Crippen LogP contribution in [0.3, 0.4) is 0 Å². The van der Waals surface area contributed by atoms with Gasteiger partial charge in [-0.1, -0.05) is 42.5 Å². The fraction of sp³-hybridized carbons (Fsp3) is 0.308. The molecule has 1 aliphatic rings. The molecule has 3 aromatic rings. The second-order valence-corrected chi connectivity index (χ2v) is 8.75. The van der Waals surface area contributed by atoms with E-state index in [1.807, 2.05) is 66.9 Å². The Labute approximate surface area is 198 Å². The van der Waals surface area contributed by atoms with Crippen LogP contribution in [-0.2, 0) is 16.1 Å². The van der Waals surface area contributed by atoms with Crippen LogP contribution in [0.4, 0.5) is 0 Å². The summed E-state index contributed by atoms with van der Waals surface area (Å²) in [5.74, 6) is 0.0265. The summed E-state index contributed by atoms with van der Waals surface area (Å²) in [7, 11) is 1.61. The zero-order chi connectivity index (χ0) is 23.2. The largest absolute Gasteiger partial charge is 0.494 e. The number of nitrogens with zero attached hydrogens (tertiary/aromatic N) is 1. The molecular weight excluding hydrogens is 436 g/mol. The molecule has 2 atom stereocenters. The van der Waals surface area contributed by atoms with Crippen molar-refractivity contribution < 1.29 is 19.1 Å². The summed E-state index contributed by atoms with van der Waals surface area (Å²) in [4.78, 5) is 29.9. The van der Waals surface area contributed by atoms with Crippen molar-refractivity contribution in [3.05, 3.63) is 87.6 Å². The average molecular weight is 465 g/mol. The highest BCUT2D eigenvalue weighted by atomic mass is 32.1. The molecule has 2 amide bonds. The Hall–Kier alpha value is -3.16. The fourth-order valence-corrected chi connectivity index (χ4v) is 5.20. The number of carbonyl (C=O) groups is 2. The minimum atomic E-state index is -0.534. The number of fused-ring (bicyclic) bond motifs is 1. The van der Waals surface area contributed by atoms with E-state index in [0.29, 0.717) is 31.9 Å². The Morgan fingerprint density at radius 2 is 1.88 bits per heavy atom. The van der Waals surface area contributed by atoms with E-state index in [4.69, 9.17) is 9.47 Å². The summed E-state index contributed by atoms with van der Waals surface area (Å²) in [6.07, 6.45) is 0. The lowest BCUT2D eigenvalue weighted by atomic mass is 9.81. The molecule has 172 valence electrons. The van der Waals surface area contributed by atoms with Crippen LogP contribution in [0.2, 0.25) is 0 Å². The van der Waals surface area contributed by atoms with Crippen LogP contribution in [0.1, 0.15) is 45.2 Å². The number of rotatable bonds is 9. The molecule has 6 nitrogen and oxygen atoms in total. The van der Waals surface area contributed by atoms with Crippen molar-refractivity contribution in [3.8, 4) is 5.75 Å². The maximum absolute atomic E-state index is 13.7. The maximum Gasteiger partial charge on any atom is 0.254 e. The Bertz CT molecular complexity index is 1100. The van der Waals surface area contributed by atoms with E-state index in [0.717, 1.165) is 21.8 Å². The van der Waals surface area contributed by atoms with Crippen molar-refractivity contribution >= 4 is 23.2 Å². The van der Waals surface area contributed by atoms with Gasteiger partial charge in [-0.2, -0.15) is 0 Å². The molecule has 0 saturated heterocycles. The molecule has 0 unspecified atom stereocenters. The first-order valence-electron chi connectivity index (χ1n) is 11.1. The van der Waals surface area contributed by atoms with Gasteiger partial charge in [0.25, 0.3) is 5.91 Å². The van der Waals surface area contributed by atoms with Gasteiger partial charge in [0.05, 0.1) is 25.2 Å². The van der Waals surface area contributed by atoms with Crippen LogP contribution in [0.25, 0.3) is 0 Å². The Balaban J connectivity index is 1.69. The molecule has 1 aliphatic heterocycles. The third-order valence-electron chi connectivity index (χ3n) is 5.82. The summed E-state index contributed by atoms with van der Waals surface area (Å²) < 4.78 is 11.0. The van der Waals surface area contributed by atoms with Crippen LogP contribution < -0.4 is 10.1 Å². The van der Waals surface area contributed by atoms with E-state index in [1.165, 1.54) is 0 Å². The van der Waals surface area contributed by atoms with E-state index in [-0.39, 0.29) is 11.8 Å². The third kappa shape index (κ3) is 4.79. The maximum atomic E-state index is 13.7. The van der Waals surface area contributed by atoms with Crippen molar-refractivity contribution in [3.63, 3.8) is 0 Å². The number of hydrogen-bond acceptors (Lipinski definition) is 5. The first-order chi connectivity index (χ1) is 16.2. The van der Waals surface area contributed by atoms with Gasteiger partial charge in [-0.3, -0.25) is 9.59 Å². The summed E-state index contributed by atoms with van der Waals surface area (Å²) in [6, 6.07) is 18.6. The molecule has 0 bridgehead atoms. The number of methoxy groups -OCH3 is 1.